The number of carbonyl (C=O) groups is 2. The molecule has 23 heavy (non-hydrogen) atoms. The van der Waals surface area contributed by atoms with Gasteiger partial charge < -0.3 is 40.9 Å². The van der Waals surface area contributed by atoms with Crippen molar-refractivity contribution in [3.63, 3.8) is 0 Å². The number of ether oxygens (including phenoxy) is 1. The average molecular weight is 332 g/mol. The Morgan fingerprint density at radius 2 is 2.00 bits per heavy atom. The third-order valence-electron chi connectivity index (χ3n) is 4.06. The van der Waals surface area contributed by atoms with Crippen LogP contribution in [-0.4, -0.2) is 80.3 Å². The highest BCUT2D eigenvalue weighted by Crippen LogP contribution is 2.33. The Bertz CT molecular complexity index is 548. The van der Waals surface area contributed by atoms with Crippen molar-refractivity contribution in [3.8, 4) is 0 Å². The fourth-order valence-electron chi connectivity index (χ4n) is 2.62. The highest BCUT2D eigenvalue weighted by atomic mass is 16.5. The van der Waals surface area contributed by atoms with E-state index in [1.807, 2.05) is 5.32 Å². The first kappa shape index (κ1) is 17.8. The fourth-order valence-corrected chi connectivity index (χ4v) is 2.62. The van der Waals surface area contributed by atoms with Crippen LogP contribution in [0.15, 0.2) is 11.6 Å². The first-order valence-electron chi connectivity index (χ1n) is 6.97. The minimum Gasteiger partial charge on any atom is -0.393 e. The van der Waals surface area contributed by atoms with Crippen LogP contribution in [0.5, 0.6) is 0 Å². The van der Waals surface area contributed by atoms with Crippen LogP contribution in [0.1, 0.15) is 13.3 Å². The van der Waals surface area contributed by atoms with E-state index in [-0.39, 0.29) is 18.6 Å². The third kappa shape index (κ3) is 2.63. The highest BCUT2D eigenvalue weighted by molar-refractivity contribution is 6.03. The Kier molecular flexibility index (Phi) is 4.50. The summed E-state index contributed by atoms with van der Waals surface area (Å²) in [5.74, 6) is -2.19. The van der Waals surface area contributed by atoms with Crippen molar-refractivity contribution in [2.24, 2.45) is 0 Å². The number of aliphatic hydroxyl groups is 5. The van der Waals surface area contributed by atoms with Crippen molar-refractivity contribution in [2.45, 2.75) is 36.5 Å². The number of hydrogen-bond acceptors (Lipinski definition) is 8. The van der Waals surface area contributed by atoms with Gasteiger partial charge in [0.05, 0.1) is 19.8 Å². The molecule has 3 heterocycles. The van der Waals surface area contributed by atoms with E-state index in [2.05, 4.69) is 5.32 Å². The molecule has 0 aliphatic carbocycles. The maximum atomic E-state index is 12.4. The number of nitrogens with one attached hydrogen (secondary N) is 2. The van der Waals surface area contributed by atoms with Gasteiger partial charge in [-0.25, -0.2) is 0 Å². The number of piperazine rings is 1. The first-order valence-corrected chi connectivity index (χ1v) is 6.97. The molecule has 10 heteroatoms. The van der Waals surface area contributed by atoms with E-state index in [9.17, 15) is 24.9 Å². The summed E-state index contributed by atoms with van der Waals surface area (Å²) < 4.78 is 5.31. The normalized spacial score (nSPS) is 36.7. The zero-order valence-electron chi connectivity index (χ0n) is 12.4. The van der Waals surface area contributed by atoms with Crippen LogP contribution < -0.4 is 10.6 Å². The van der Waals surface area contributed by atoms with Crippen molar-refractivity contribution in [2.75, 3.05) is 19.8 Å². The van der Waals surface area contributed by atoms with E-state index in [0.717, 1.165) is 6.92 Å². The second kappa shape index (κ2) is 5.82. The molecular weight excluding hydrogens is 312 g/mol. The third-order valence-corrected chi connectivity index (χ3v) is 4.06. The summed E-state index contributed by atoms with van der Waals surface area (Å²) in [6.45, 7) is -0.498. The summed E-state index contributed by atoms with van der Waals surface area (Å²) in [6, 6.07) is 0. The van der Waals surface area contributed by atoms with Crippen molar-refractivity contribution in [1.82, 2.24) is 10.6 Å². The molecule has 3 saturated heterocycles. The van der Waals surface area contributed by atoms with E-state index in [1.54, 1.807) is 0 Å². The Balaban J connectivity index is 2.47. The molecule has 4 atom stereocenters. The fraction of sp³-hybridized carbons (Fsp3) is 0.692. The van der Waals surface area contributed by atoms with Crippen LogP contribution >= 0.6 is 0 Å². The molecule has 0 radical (unpaired) electrons. The van der Waals surface area contributed by atoms with Gasteiger partial charge in [0.2, 0.25) is 5.72 Å². The van der Waals surface area contributed by atoms with E-state index >= 15 is 0 Å². The molecule has 7 N–H and O–H groups in total. The summed E-state index contributed by atoms with van der Waals surface area (Å²) in [7, 11) is 0. The van der Waals surface area contributed by atoms with Crippen LogP contribution in [0.4, 0.5) is 0 Å². The molecule has 130 valence electrons. The van der Waals surface area contributed by atoms with Gasteiger partial charge in [-0.1, -0.05) is 6.08 Å². The zero-order valence-corrected chi connectivity index (χ0v) is 12.4. The van der Waals surface area contributed by atoms with Gasteiger partial charge in [-0.3, -0.25) is 9.59 Å². The maximum absolute atomic E-state index is 12.4. The summed E-state index contributed by atoms with van der Waals surface area (Å²) in [5.41, 5.74) is -6.87. The van der Waals surface area contributed by atoms with Crippen LogP contribution in [0.3, 0.4) is 0 Å². The van der Waals surface area contributed by atoms with Gasteiger partial charge >= 0.3 is 0 Å². The molecular formula is C13H20N2O8. The molecule has 3 fully saturated rings. The van der Waals surface area contributed by atoms with Gasteiger partial charge in [-0.05, 0) is 18.9 Å². The van der Waals surface area contributed by atoms with E-state index in [1.165, 1.54) is 6.08 Å². The Morgan fingerprint density at radius 3 is 2.57 bits per heavy atom. The van der Waals surface area contributed by atoms with Gasteiger partial charge in [0.15, 0.2) is 0 Å². The molecule has 0 aromatic rings. The molecule has 3 aliphatic heterocycles. The molecule has 2 amide bonds. The summed E-state index contributed by atoms with van der Waals surface area (Å²) in [4.78, 5) is 24.7. The lowest BCUT2D eigenvalue weighted by molar-refractivity contribution is -0.230. The number of amides is 2. The average Bonchev–Trinajstić information content (AvgIpc) is 2.49. The van der Waals surface area contributed by atoms with Gasteiger partial charge in [0.1, 0.15) is 11.7 Å². The van der Waals surface area contributed by atoms with Crippen molar-refractivity contribution < 1.29 is 39.9 Å². The molecule has 0 aromatic carbocycles. The number of aliphatic hydroxyl groups excluding tert-OH is 3. The minimum atomic E-state index is -2.39. The Hall–Kier alpha value is -1.56. The molecule has 0 aromatic heterocycles. The predicted octanol–water partition coefficient (Wildman–Crippen LogP) is -3.94. The second-order valence-electron chi connectivity index (χ2n) is 5.78. The minimum absolute atomic E-state index is 0.0134. The van der Waals surface area contributed by atoms with E-state index in [4.69, 9.17) is 14.9 Å². The lowest BCUT2D eigenvalue weighted by Gasteiger charge is -2.50. The molecule has 2 bridgehead atoms. The van der Waals surface area contributed by atoms with E-state index in [0.29, 0.717) is 0 Å². The van der Waals surface area contributed by atoms with Gasteiger partial charge in [-0.2, -0.15) is 0 Å². The lowest BCUT2D eigenvalue weighted by Crippen LogP contribution is -2.82. The van der Waals surface area contributed by atoms with Gasteiger partial charge in [-0.15, -0.1) is 0 Å². The number of carbonyl (C=O) groups excluding carboxylic acids is 2. The van der Waals surface area contributed by atoms with Crippen LogP contribution in [0.25, 0.3) is 0 Å². The monoisotopic (exact) mass is 332 g/mol. The SMILES string of the molecule is C[C@](O)(CO)[C@@H](O)[C@@]12NC(=O)[C@@](O)(NC1=O)/C(=C/CO)CCO2. The molecule has 0 spiro atoms. The first-order chi connectivity index (χ1) is 10.6. The van der Waals surface area contributed by atoms with Gasteiger partial charge in [0.25, 0.3) is 17.5 Å². The maximum Gasteiger partial charge on any atom is 0.280 e. The standard InChI is InChI=1S/C13H20N2O8/c1-11(21,6-17)8(18)13-10(20)14-12(22,9(19)15-13)7(2-4-16)3-5-23-13/h2,8,16-18,21-22H,3-6H2,1H3,(H,14,20)(H,15,19)/b7-2+/t8-,11+,12-,13+/m1/s1. The second-order valence-corrected chi connectivity index (χ2v) is 5.78. The van der Waals surface area contributed by atoms with E-state index < -0.39 is 48.2 Å². The highest BCUT2D eigenvalue weighted by Gasteiger charge is 2.63. The molecule has 10 nitrogen and oxygen atoms in total. The molecule has 3 rings (SSSR count). The van der Waals surface area contributed by atoms with Crippen LogP contribution in [0.2, 0.25) is 0 Å². The predicted molar refractivity (Wildman–Crippen MR) is 73.4 cm³/mol. The topological polar surface area (TPSA) is 169 Å². The summed E-state index contributed by atoms with van der Waals surface area (Å²) in [6.07, 6.45) is -0.848. The zero-order chi connectivity index (χ0) is 17.5. The molecule has 0 saturated carbocycles. The largest absolute Gasteiger partial charge is 0.393 e. The van der Waals surface area contributed by atoms with Crippen molar-refractivity contribution in [3.05, 3.63) is 11.6 Å². The quantitative estimate of drug-likeness (QED) is 0.256. The summed E-state index contributed by atoms with van der Waals surface area (Å²) >= 11 is 0. The van der Waals surface area contributed by atoms with Crippen molar-refractivity contribution in [1.29, 1.82) is 0 Å². The molecule has 0 unspecified atom stereocenters. The molecule has 3 aliphatic rings. The summed E-state index contributed by atoms with van der Waals surface area (Å²) in [5, 5.41) is 53.0. The number of hydrogen-bond donors (Lipinski definition) is 7. The Labute approximate surface area is 131 Å². The van der Waals surface area contributed by atoms with Gasteiger partial charge in [0, 0.05) is 0 Å². The van der Waals surface area contributed by atoms with Crippen LogP contribution in [-0.2, 0) is 14.3 Å². The Morgan fingerprint density at radius 1 is 1.35 bits per heavy atom. The van der Waals surface area contributed by atoms with Crippen molar-refractivity contribution >= 4 is 11.8 Å². The number of rotatable bonds is 4. The number of fused-ring (bicyclic) bond motifs is 5. The smallest absolute Gasteiger partial charge is 0.280 e. The van der Waals surface area contributed by atoms with Crippen LogP contribution in [0, 0.1) is 0 Å². The lowest BCUT2D eigenvalue weighted by atomic mass is 9.84.